The van der Waals surface area contributed by atoms with E-state index < -0.39 is 0 Å². The Hall–Kier alpha value is -1.33. The first-order chi connectivity index (χ1) is 8.25. The molecule has 0 saturated carbocycles. The summed E-state index contributed by atoms with van der Waals surface area (Å²) in [4.78, 5) is 14.0. The van der Waals surface area contributed by atoms with Crippen LogP contribution in [0.5, 0.6) is 0 Å². The highest BCUT2D eigenvalue weighted by atomic mass is 16.3. The topological polar surface area (TPSA) is 57.5 Å². The van der Waals surface area contributed by atoms with Gasteiger partial charge in [-0.25, -0.2) is 0 Å². The summed E-state index contributed by atoms with van der Waals surface area (Å²) in [6.45, 7) is 7.56. The molecule has 1 aromatic heterocycles. The molecule has 1 amide bonds. The van der Waals surface area contributed by atoms with E-state index in [1.54, 1.807) is 12.1 Å². The molecule has 5 heteroatoms. The third-order valence-electron chi connectivity index (χ3n) is 2.89. The highest BCUT2D eigenvalue weighted by molar-refractivity contribution is 5.91. The van der Waals surface area contributed by atoms with Gasteiger partial charge in [-0.3, -0.25) is 9.69 Å². The number of carbonyl (C=O) groups excluding carboxylic acids is 1. The molecule has 0 unspecified atom stereocenters. The van der Waals surface area contributed by atoms with Gasteiger partial charge in [0.15, 0.2) is 5.76 Å². The van der Waals surface area contributed by atoms with E-state index in [4.69, 9.17) is 4.42 Å². The van der Waals surface area contributed by atoms with Crippen molar-refractivity contribution >= 4 is 5.91 Å². The molecule has 0 radical (unpaired) electrons. The van der Waals surface area contributed by atoms with Crippen LogP contribution in [-0.2, 0) is 0 Å². The zero-order chi connectivity index (χ0) is 12.1. The Kier molecular flexibility index (Phi) is 4.17. The third-order valence-corrected chi connectivity index (χ3v) is 2.89. The second-order valence-electron chi connectivity index (χ2n) is 4.26. The van der Waals surface area contributed by atoms with Crippen molar-refractivity contribution in [3.8, 4) is 0 Å². The average Bonchev–Trinajstić information content (AvgIpc) is 2.77. The Balaban J connectivity index is 1.69. The van der Waals surface area contributed by atoms with E-state index in [0.717, 1.165) is 38.5 Å². The molecule has 1 fully saturated rings. The minimum Gasteiger partial charge on any atom is -0.456 e. The van der Waals surface area contributed by atoms with E-state index in [1.165, 1.54) is 0 Å². The lowest BCUT2D eigenvalue weighted by molar-refractivity contribution is 0.0918. The van der Waals surface area contributed by atoms with Gasteiger partial charge in [0.1, 0.15) is 5.76 Å². The summed E-state index contributed by atoms with van der Waals surface area (Å²) in [5.41, 5.74) is 0. The number of nitrogens with zero attached hydrogens (tertiary/aromatic N) is 1. The normalized spacial score (nSPS) is 17.0. The quantitative estimate of drug-likeness (QED) is 0.786. The number of hydrogen-bond donors (Lipinski definition) is 2. The van der Waals surface area contributed by atoms with Crippen LogP contribution in [0.25, 0.3) is 0 Å². The van der Waals surface area contributed by atoms with Gasteiger partial charge < -0.3 is 15.1 Å². The Morgan fingerprint density at radius 2 is 2.24 bits per heavy atom. The molecule has 0 bridgehead atoms. The van der Waals surface area contributed by atoms with Crippen LogP contribution >= 0.6 is 0 Å². The lowest BCUT2D eigenvalue weighted by Gasteiger charge is -2.26. The minimum atomic E-state index is -0.131. The molecule has 0 atom stereocenters. The monoisotopic (exact) mass is 237 g/mol. The predicted molar refractivity (Wildman–Crippen MR) is 65.1 cm³/mol. The van der Waals surface area contributed by atoms with Crippen molar-refractivity contribution < 1.29 is 9.21 Å². The summed E-state index contributed by atoms with van der Waals surface area (Å²) >= 11 is 0. The van der Waals surface area contributed by atoms with Crippen LogP contribution in [-0.4, -0.2) is 50.1 Å². The molecule has 1 aliphatic rings. The van der Waals surface area contributed by atoms with Crippen LogP contribution in [0.1, 0.15) is 16.3 Å². The molecule has 2 rings (SSSR count). The maximum absolute atomic E-state index is 11.7. The fourth-order valence-electron chi connectivity index (χ4n) is 1.91. The van der Waals surface area contributed by atoms with E-state index in [1.807, 2.05) is 6.92 Å². The van der Waals surface area contributed by atoms with Crippen LogP contribution in [0.4, 0.5) is 0 Å². The summed E-state index contributed by atoms with van der Waals surface area (Å²) in [7, 11) is 0. The van der Waals surface area contributed by atoms with Gasteiger partial charge in [-0.2, -0.15) is 0 Å². The highest BCUT2D eigenvalue weighted by Crippen LogP contribution is 2.05. The molecule has 0 spiro atoms. The fourth-order valence-corrected chi connectivity index (χ4v) is 1.91. The number of rotatable bonds is 4. The molecule has 2 N–H and O–H groups in total. The second kappa shape index (κ2) is 5.84. The van der Waals surface area contributed by atoms with Crippen molar-refractivity contribution in [2.24, 2.45) is 0 Å². The molecule has 0 aromatic carbocycles. The molecular weight excluding hydrogens is 218 g/mol. The third kappa shape index (κ3) is 3.57. The highest BCUT2D eigenvalue weighted by Gasteiger charge is 2.11. The van der Waals surface area contributed by atoms with Crippen molar-refractivity contribution in [3.63, 3.8) is 0 Å². The second-order valence-corrected chi connectivity index (χ2v) is 4.26. The van der Waals surface area contributed by atoms with Crippen molar-refractivity contribution in [3.05, 3.63) is 23.7 Å². The Morgan fingerprint density at radius 3 is 2.88 bits per heavy atom. The Labute approximate surface area is 101 Å². The van der Waals surface area contributed by atoms with E-state index in [2.05, 4.69) is 15.5 Å². The van der Waals surface area contributed by atoms with E-state index in [9.17, 15) is 4.79 Å². The summed E-state index contributed by atoms with van der Waals surface area (Å²) in [6.07, 6.45) is 0. The molecule has 94 valence electrons. The molecule has 2 heterocycles. The maximum atomic E-state index is 11.7. The van der Waals surface area contributed by atoms with Gasteiger partial charge in [0.05, 0.1) is 0 Å². The number of carbonyl (C=O) groups is 1. The lowest BCUT2D eigenvalue weighted by Crippen LogP contribution is -2.46. The van der Waals surface area contributed by atoms with Gasteiger partial charge in [0, 0.05) is 39.3 Å². The number of furan rings is 1. The largest absolute Gasteiger partial charge is 0.456 e. The fraction of sp³-hybridized carbons (Fsp3) is 0.583. The van der Waals surface area contributed by atoms with Gasteiger partial charge in [0.25, 0.3) is 5.91 Å². The molecule has 1 saturated heterocycles. The SMILES string of the molecule is Cc1ccc(C(=O)NCCN2CCNCC2)o1. The summed E-state index contributed by atoms with van der Waals surface area (Å²) in [5, 5.41) is 6.16. The van der Waals surface area contributed by atoms with E-state index >= 15 is 0 Å². The van der Waals surface area contributed by atoms with Gasteiger partial charge in [-0.1, -0.05) is 0 Å². The summed E-state index contributed by atoms with van der Waals surface area (Å²) in [6, 6.07) is 3.50. The van der Waals surface area contributed by atoms with Crippen molar-refractivity contribution in [2.45, 2.75) is 6.92 Å². The number of aryl methyl sites for hydroxylation is 1. The maximum Gasteiger partial charge on any atom is 0.287 e. The van der Waals surface area contributed by atoms with Crippen LogP contribution in [0.15, 0.2) is 16.5 Å². The van der Waals surface area contributed by atoms with Crippen molar-refractivity contribution in [2.75, 3.05) is 39.3 Å². The number of nitrogens with one attached hydrogen (secondary N) is 2. The Bertz CT molecular complexity index is 370. The van der Waals surface area contributed by atoms with Crippen LogP contribution < -0.4 is 10.6 Å². The smallest absolute Gasteiger partial charge is 0.287 e. The standard InChI is InChI=1S/C12H19N3O2/c1-10-2-3-11(17-10)12(16)14-6-9-15-7-4-13-5-8-15/h2-3,13H,4-9H2,1H3,(H,14,16). The molecule has 0 aliphatic carbocycles. The van der Waals surface area contributed by atoms with Crippen LogP contribution in [0, 0.1) is 6.92 Å². The van der Waals surface area contributed by atoms with Gasteiger partial charge in [-0.15, -0.1) is 0 Å². The first kappa shape index (κ1) is 12.1. The summed E-state index contributed by atoms with van der Waals surface area (Å²) < 4.78 is 5.25. The van der Waals surface area contributed by atoms with Crippen molar-refractivity contribution in [1.29, 1.82) is 0 Å². The number of hydrogen-bond acceptors (Lipinski definition) is 4. The van der Waals surface area contributed by atoms with E-state index in [-0.39, 0.29) is 5.91 Å². The minimum absolute atomic E-state index is 0.131. The molecular formula is C12H19N3O2. The molecule has 1 aromatic rings. The summed E-state index contributed by atoms with van der Waals surface area (Å²) in [5.74, 6) is 1.02. The van der Waals surface area contributed by atoms with Crippen molar-refractivity contribution in [1.82, 2.24) is 15.5 Å². The average molecular weight is 237 g/mol. The molecule has 1 aliphatic heterocycles. The van der Waals surface area contributed by atoms with Gasteiger partial charge in [-0.05, 0) is 19.1 Å². The first-order valence-corrected chi connectivity index (χ1v) is 6.03. The molecule has 5 nitrogen and oxygen atoms in total. The van der Waals surface area contributed by atoms with Crippen LogP contribution in [0.2, 0.25) is 0 Å². The Morgan fingerprint density at radius 1 is 1.47 bits per heavy atom. The van der Waals surface area contributed by atoms with E-state index in [0.29, 0.717) is 12.3 Å². The zero-order valence-corrected chi connectivity index (χ0v) is 10.2. The number of amides is 1. The zero-order valence-electron chi connectivity index (χ0n) is 10.2. The van der Waals surface area contributed by atoms with Crippen LogP contribution in [0.3, 0.4) is 0 Å². The predicted octanol–water partition coefficient (Wildman–Crippen LogP) is 0.223. The van der Waals surface area contributed by atoms with Gasteiger partial charge >= 0.3 is 0 Å². The molecule has 17 heavy (non-hydrogen) atoms. The first-order valence-electron chi connectivity index (χ1n) is 6.03. The lowest BCUT2D eigenvalue weighted by atomic mass is 10.3. The number of piperazine rings is 1. The van der Waals surface area contributed by atoms with Gasteiger partial charge in [0.2, 0.25) is 0 Å².